The second kappa shape index (κ2) is 4.75. The Hall–Kier alpha value is -1.72. The van der Waals surface area contributed by atoms with E-state index in [2.05, 4.69) is 25.9 Å². The molecule has 0 saturated heterocycles. The van der Waals surface area contributed by atoms with Gasteiger partial charge in [0.15, 0.2) is 5.58 Å². The topological polar surface area (TPSA) is 56.0 Å². The molecule has 1 aromatic carbocycles. The third-order valence-corrected chi connectivity index (χ3v) is 3.22. The van der Waals surface area contributed by atoms with Crippen LogP contribution in [0, 0.1) is 0 Å². The molecule has 0 spiro atoms. The van der Waals surface area contributed by atoms with Crippen LogP contribution in [0.1, 0.15) is 10.4 Å². The lowest BCUT2D eigenvalue weighted by molar-refractivity contribution is 0.108. The molecule has 0 N–H and O–H groups in total. The van der Waals surface area contributed by atoms with E-state index in [1.165, 1.54) is 0 Å². The summed E-state index contributed by atoms with van der Waals surface area (Å²) in [5, 5.41) is -0.518. The van der Waals surface area contributed by atoms with E-state index in [4.69, 9.17) is 16.0 Å². The SMILES string of the molecule is O=C(Cl)c1ccc2oc(-c3cncc(Br)c3)nc2c1. The highest BCUT2D eigenvalue weighted by Crippen LogP contribution is 2.26. The van der Waals surface area contributed by atoms with Crippen molar-refractivity contribution in [3.8, 4) is 11.5 Å². The number of pyridine rings is 1. The normalized spacial score (nSPS) is 10.8. The largest absolute Gasteiger partial charge is 0.436 e. The zero-order valence-electron chi connectivity index (χ0n) is 9.43. The molecule has 3 aromatic rings. The van der Waals surface area contributed by atoms with Crippen LogP contribution in [0.15, 0.2) is 45.5 Å². The number of halogens is 2. The lowest BCUT2D eigenvalue weighted by Gasteiger charge is -1.94. The molecule has 0 aliphatic carbocycles. The van der Waals surface area contributed by atoms with Crippen LogP contribution in [-0.4, -0.2) is 15.2 Å². The van der Waals surface area contributed by atoms with Crippen LogP contribution in [0.2, 0.25) is 0 Å². The van der Waals surface area contributed by atoms with Gasteiger partial charge in [-0.05, 0) is 51.8 Å². The molecule has 19 heavy (non-hydrogen) atoms. The third kappa shape index (κ3) is 2.39. The average Bonchev–Trinajstić information content (AvgIpc) is 2.81. The number of aromatic nitrogens is 2. The summed E-state index contributed by atoms with van der Waals surface area (Å²) in [6.07, 6.45) is 3.33. The van der Waals surface area contributed by atoms with Gasteiger partial charge in [0, 0.05) is 22.4 Å². The number of benzene rings is 1. The van der Waals surface area contributed by atoms with Gasteiger partial charge < -0.3 is 4.42 Å². The molecule has 0 bridgehead atoms. The molecule has 2 heterocycles. The van der Waals surface area contributed by atoms with Crippen LogP contribution >= 0.6 is 27.5 Å². The highest BCUT2D eigenvalue weighted by atomic mass is 79.9. The minimum absolute atomic E-state index is 0.390. The predicted octanol–water partition coefficient (Wildman–Crippen LogP) is 4.03. The Bertz CT molecular complexity index is 785. The molecular formula is C13H6BrClN2O2. The lowest BCUT2D eigenvalue weighted by atomic mass is 10.2. The van der Waals surface area contributed by atoms with E-state index in [9.17, 15) is 4.79 Å². The second-order valence-corrected chi connectivity index (χ2v) is 5.13. The summed E-state index contributed by atoms with van der Waals surface area (Å²) in [6.45, 7) is 0. The zero-order valence-corrected chi connectivity index (χ0v) is 11.8. The van der Waals surface area contributed by atoms with Crippen molar-refractivity contribution in [1.29, 1.82) is 0 Å². The van der Waals surface area contributed by atoms with Crippen molar-refractivity contribution < 1.29 is 9.21 Å². The maximum Gasteiger partial charge on any atom is 0.252 e. The highest BCUT2D eigenvalue weighted by molar-refractivity contribution is 9.10. The van der Waals surface area contributed by atoms with Crippen LogP contribution in [0.3, 0.4) is 0 Å². The van der Waals surface area contributed by atoms with Crippen molar-refractivity contribution in [2.45, 2.75) is 0 Å². The summed E-state index contributed by atoms with van der Waals surface area (Å²) in [6, 6.07) is 6.73. The molecular weight excluding hydrogens is 332 g/mol. The maximum absolute atomic E-state index is 11.1. The maximum atomic E-state index is 11.1. The Morgan fingerprint density at radius 3 is 2.84 bits per heavy atom. The molecule has 6 heteroatoms. The number of hydrogen-bond acceptors (Lipinski definition) is 4. The molecule has 0 unspecified atom stereocenters. The van der Waals surface area contributed by atoms with Gasteiger partial charge in [-0.3, -0.25) is 9.78 Å². The van der Waals surface area contributed by atoms with Crippen LogP contribution in [0.4, 0.5) is 0 Å². The van der Waals surface area contributed by atoms with Gasteiger partial charge in [0.05, 0.1) is 5.56 Å². The van der Waals surface area contributed by atoms with Crippen molar-refractivity contribution in [3.05, 3.63) is 46.7 Å². The van der Waals surface area contributed by atoms with E-state index >= 15 is 0 Å². The van der Waals surface area contributed by atoms with Crippen LogP contribution < -0.4 is 0 Å². The van der Waals surface area contributed by atoms with Crippen LogP contribution in [0.5, 0.6) is 0 Å². The van der Waals surface area contributed by atoms with Gasteiger partial charge >= 0.3 is 0 Å². The molecule has 0 saturated carbocycles. The molecule has 94 valence electrons. The number of fused-ring (bicyclic) bond motifs is 1. The van der Waals surface area contributed by atoms with Gasteiger partial charge in [-0.1, -0.05) is 0 Å². The fourth-order valence-corrected chi connectivity index (χ4v) is 2.18. The first-order chi connectivity index (χ1) is 9.13. The molecule has 0 fully saturated rings. The van der Waals surface area contributed by atoms with Gasteiger partial charge in [-0.15, -0.1) is 0 Å². The number of carbonyl (C=O) groups excluding carboxylic acids is 1. The zero-order chi connectivity index (χ0) is 13.4. The molecule has 0 amide bonds. The Morgan fingerprint density at radius 1 is 1.26 bits per heavy atom. The quantitative estimate of drug-likeness (QED) is 0.662. The first-order valence-corrected chi connectivity index (χ1v) is 6.52. The summed E-state index contributed by atoms with van der Waals surface area (Å²) < 4.78 is 6.45. The monoisotopic (exact) mass is 336 g/mol. The van der Waals surface area contributed by atoms with Gasteiger partial charge in [-0.25, -0.2) is 4.98 Å². The van der Waals surface area contributed by atoms with E-state index in [0.29, 0.717) is 22.6 Å². The fraction of sp³-hybridized carbons (Fsp3) is 0. The molecule has 0 atom stereocenters. The van der Waals surface area contributed by atoms with Gasteiger partial charge in [0.2, 0.25) is 5.89 Å². The highest BCUT2D eigenvalue weighted by Gasteiger charge is 2.11. The van der Waals surface area contributed by atoms with E-state index < -0.39 is 5.24 Å². The summed E-state index contributed by atoms with van der Waals surface area (Å²) in [5.41, 5.74) is 2.32. The summed E-state index contributed by atoms with van der Waals surface area (Å²) in [5.74, 6) is 0.447. The minimum Gasteiger partial charge on any atom is -0.436 e. The summed E-state index contributed by atoms with van der Waals surface area (Å²) >= 11 is 8.77. The average molecular weight is 338 g/mol. The van der Waals surface area contributed by atoms with E-state index in [1.54, 1.807) is 30.6 Å². The lowest BCUT2D eigenvalue weighted by Crippen LogP contribution is -1.87. The number of rotatable bonds is 2. The molecule has 2 aromatic heterocycles. The smallest absolute Gasteiger partial charge is 0.252 e. The van der Waals surface area contributed by atoms with Crippen molar-refractivity contribution in [2.75, 3.05) is 0 Å². The van der Waals surface area contributed by atoms with E-state index in [1.807, 2.05) is 6.07 Å². The molecule has 0 radical (unpaired) electrons. The van der Waals surface area contributed by atoms with E-state index in [-0.39, 0.29) is 0 Å². The molecule has 4 nitrogen and oxygen atoms in total. The third-order valence-electron chi connectivity index (χ3n) is 2.57. The van der Waals surface area contributed by atoms with Crippen molar-refractivity contribution in [3.63, 3.8) is 0 Å². The second-order valence-electron chi connectivity index (χ2n) is 3.87. The number of hydrogen-bond donors (Lipinski definition) is 0. The first kappa shape index (κ1) is 12.3. The van der Waals surface area contributed by atoms with Crippen molar-refractivity contribution in [1.82, 2.24) is 9.97 Å². The molecule has 0 aliphatic rings. The first-order valence-electron chi connectivity index (χ1n) is 5.35. The number of carbonyl (C=O) groups is 1. The summed E-state index contributed by atoms with van der Waals surface area (Å²) in [4.78, 5) is 19.5. The Balaban J connectivity index is 2.14. The molecule has 0 aliphatic heterocycles. The van der Waals surface area contributed by atoms with Crippen LogP contribution in [0.25, 0.3) is 22.6 Å². The number of nitrogens with zero attached hydrogens (tertiary/aromatic N) is 2. The fourth-order valence-electron chi connectivity index (χ4n) is 1.70. The van der Waals surface area contributed by atoms with Gasteiger partial charge in [0.25, 0.3) is 5.24 Å². The Labute approximate surface area is 121 Å². The van der Waals surface area contributed by atoms with Crippen molar-refractivity contribution >= 4 is 43.9 Å². The Morgan fingerprint density at radius 2 is 2.11 bits per heavy atom. The van der Waals surface area contributed by atoms with Gasteiger partial charge in [0.1, 0.15) is 5.52 Å². The summed E-state index contributed by atoms with van der Waals surface area (Å²) in [7, 11) is 0. The van der Waals surface area contributed by atoms with Crippen molar-refractivity contribution in [2.24, 2.45) is 0 Å². The standard InChI is InChI=1S/C13H6BrClN2O2/c14-9-3-8(5-16-6-9)13-17-10-4-7(12(15)18)1-2-11(10)19-13/h1-6H. The van der Waals surface area contributed by atoms with Crippen LogP contribution in [-0.2, 0) is 0 Å². The van der Waals surface area contributed by atoms with Gasteiger partial charge in [-0.2, -0.15) is 0 Å². The minimum atomic E-state index is -0.518. The Kier molecular flexibility index (Phi) is 3.08. The molecule has 3 rings (SSSR count). The number of oxazole rings is 1. The predicted molar refractivity (Wildman–Crippen MR) is 75.1 cm³/mol. The van der Waals surface area contributed by atoms with E-state index in [0.717, 1.165) is 10.0 Å².